The number of aromatic amines is 1. The van der Waals surface area contributed by atoms with Crippen molar-refractivity contribution >= 4 is 23.3 Å². The van der Waals surface area contributed by atoms with Crippen LogP contribution in [0.4, 0.5) is 13.2 Å². The van der Waals surface area contributed by atoms with Crippen molar-refractivity contribution in [3.05, 3.63) is 69.7 Å². The van der Waals surface area contributed by atoms with Gasteiger partial charge in [-0.2, -0.15) is 28.6 Å². The quantitative estimate of drug-likeness (QED) is 0.614. The van der Waals surface area contributed by atoms with Crippen LogP contribution in [0.2, 0.25) is 0 Å². The SMILES string of the molecule is FC(F)F.O=C(O)c1cccc(C(=O)O)c1.c1csc(Cc2cn[nH]n2)c1. The molecule has 2 heterocycles. The number of halogens is 3. The highest BCUT2D eigenvalue weighted by Gasteiger charge is 2.06. The lowest BCUT2D eigenvalue weighted by molar-refractivity contribution is 0.00816. The molecule has 0 saturated carbocycles. The van der Waals surface area contributed by atoms with Crippen molar-refractivity contribution in [1.29, 1.82) is 0 Å². The molecule has 0 saturated heterocycles. The van der Waals surface area contributed by atoms with E-state index in [9.17, 15) is 22.8 Å². The van der Waals surface area contributed by atoms with Crippen LogP contribution in [0.1, 0.15) is 31.3 Å². The zero-order valence-corrected chi connectivity index (χ0v) is 14.4. The van der Waals surface area contributed by atoms with Crippen LogP contribution in [0.15, 0.2) is 48.0 Å². The van der Waals surface area contributed by atoms with Gasteiger partial charge in [0.15, 0.2) is 0 Å². The van der Waals surface area contributed by atoms with Crippen LogP contribution in [0.5, 0.6) is 0 Å². The van der Waals surface area contributed by atoms with E-state index in [0.29, 0.717) is 0 Å². The number of nitrogens with one attached hydrogen (secondary N) is 1. The third kappa shape index (κ3) is 9.16. The minimum absolute atomic E-state index is 0.0186. The highest BCUT2D eigenvalue weighted by molar-refractivity contribution is 7.09. The number of H-pyrrole nitrogens is 1. The highest BCUT2D eigenvalue weighted by atomic mass is 32.1. The van der Waals surface area contributed by atoms with Gasteiger partial charge in [-0.05, 0) is 29.6 Å². The molecule has 0 atom stereocenters. The zero-order chi connectivity index (χ0) is 20.2. The molecule has 0 aliphatic heterocycles. The maximum Gasteiger partial charge on any atom is 0.379 e. The molecule has 0 spiro atoms. The molecule has 0 amide bonds. The van der Waals surface area contributed by atoms with Gasteiger partial charge in [0, 0.05) is 11.3 Å². The molecule has 3 aromatic rings. The number of hydrogen-bond donors (Lipinski definition) is 3. The van der Waals surface area contributed by atoms with Crippen LogP contribution in [-0.4, -0.2) is 44.2 Å². The van der Waals surface area contributed by atoms with E-state index >= 15 is 0 Å². The molecule has 7 nitrogen and oxygen atoms in total. The summed E-state index contributed by atoms with van der Waals surface area (Å²) in [6.07, 6.45) is 2.63. The number of carbonyl (C=O) groups is 2. The molecule has 0 bridgehead atoms. The Balaban J connectivity index is 0.000000227. The predicted molar refractivity (Wildman–Crippen MR) is 91.0 cm³/mol. The number of benzene rings is 1. The van der Waals surface area contributed by atoms with Crippen molar-refractivity contribution in [3.63, 3.8) is 0 Å². The fraction of sp³-hybridized carbons (Fsp3) is 0.125. The van der Waals surface area contributed by atoms with E-state index in [0.717, 1.165) is 18.2 Å². The van der Waals surface area contributed by atoms with Crippen molar-refractivity contribution < 1.29 is 33.0 Å². The number of aromatic nitrogens is 3. The highest BCUT2D eigenvalue weighted by Crippen LogP contribution is 2.11. The Bertz CT molecular complexity index is 763. The Morgan fingerprint density at radius 2 is 1.67 bits per heavy atom. The second-order valence-corrected chi connectivity index (χ2v) is 5.69. The number of aromatic carboxylic acids is 2. The molecule has 1 aromatic carbocycles. The molecule has 3 N–H and O–H groups in total. The molecule has 0 fully saturated rings. The summed E-state index contributed by atoms with van der Waals surface area (Å²) in [6, 6.07) is 9.33. The first-order chi connectivity index (χ1) is 12.8. The van der Waals surface area contributed by atoms with Gasteiger partial charge < -0.3 is 10.2 Å². The number of alkyl halides is 3. The molecular weight excluding hydrogens is 387 g/mol. The Hall–Kier alpha value is -3.21. The molecular formula is C16H14F3N3O4S. The van der Waals surface area contributed by atoms with Crippen molar-refractivity contribution in [3.8, 4) is 0 Å². The monoisotopic (exact) mass is 401 g/mol. The zero-order valence-electron chi connectivity index (χ0n) is 13.6. The molecule has 0 aliphatic rings. The second-order valence-electron chi connectivity index (χ2n) is 4.66. The topological polar surface area (TPSA) is 116 Å². The minimum Gasteiger partial charge on any atom is -0.478 e. The van der Waals surface area contributed by atoms with Gasteiger partial charge in [-0.25, -0.2) is 9.59 Å². The first-order valence-electron chi connectivity index (χ1n) is 7.15. The van der Waals surface area contributed by atoms with Crippen LogP contribution >= 0.6 is 11.3 Å². The van der Waals surface area contributed by atoms with E-state index in [1.165, 1.54) is 23.1 Å². The summed E-state index contributed by atoms with van der Waals surface area (Å²) in [5.41, 5.74) is 0.956. The third-order valence-electron chi connectivity index (χ3n) is 2.76. The molecule has 2 aromatic heterocycles. The lowest BCUT2D eigenvalue weighted by Gasteiger charge is -1.95. The van der Waals surface area contributed by atoms with E-state index in [1.54, 1.807) is 17.5 Å². The van der Waals surface area contributed by atoms with Crippen molar-refractivity contribution in [2.75, 3.05) is 0 Å². The average molecular weight is 401 g/mol. The lowest BCUT2D eigenvalue weighted by Crippen LogP contribution is -2.01. The first kappa shape index (κ1) is 21.8. The van der Waals surface area contributed by atoms with Gasteiger partial charge in [0.05, 0.1) is 23.0 Å². The number of hydrogen-bond acceptors (Lipinski definition) is 5. The van der Waals surface area contributed by atoms with Gasteiger partial charge in [0.1, 0.15) is 0 Å². The molecule has 27 heavy (non-hydrogen) atoms. The van der Waals surface area contributed by atoms with Crippen LogP contribution < -0.4 is 0 Å². The van der Waals surface area contributed by atoms with Crippen molar-refractivity contribution in [1.82, 2.24) is 15.4 Å². The van der Waals surface area contributed by atoms with Gasteiger partial charge in [0.25, 0.3) is 0 Å². The second kappa shape index (κ2) is 11.4. The summed E-state index contributed by atoms with van der Waals surface area (Å²) in [6.45, 7) is -3.67. The standard InChI is InChI=1S/C8H6O4.C7H7N3S.CHF3/c9-7(10)5-2-1-3-6(4-5)8(11)12;1-2-7(11-3-1)4-6-5-8-10-9-6;2-1(3)4/h1-4H,(H,9,10)(H,11,12);1-3,5H,4H2,(H,8,9,10);1H. The van der Waals surface area contributed by atoms with E-state index in [2.05, 4.69) is 26.9 Å². The lowest BCUT2D eigenvalue weighted by atomic mass is 10.1. The predicted octanol–water partition coefficient (Wildman–Crippen LogP) is 3.72. The Labute approximate surface area is 155 Å². The molecule has 3 rings (SSSR count). The Kier molecular flexibility index (Phi) is 9.23. The normalized spacial score (nSPS) is 9.63. The van der Waals surface area contributed by atoms with Gasteiger partial charge >= 0.3 is 18.6 Å². The van der Waals surface area contributed by atoms with Gasteiger partial charge in [-0.3, -0.25) is 0 Å². The van der Waals surface area contributed by atoms with E-state index in [1.807, 2.05) is 6.07 Å². The number of thiophene rings is 1. The van der Waals surface area contributed by atoms with E-state index < -0.39 is 18.6 Å². The van der Waals surface area contributed by atoms with Gasteiger partial charge in [-0.1, -0.05) is 12.1 Å². The number of carboxylic acid groups (broad SMARTS) is 2. The van der Waals surface area contributed by atoms with Crippen LogP contribution in [0, 0.1) is 0 Å². The van der Waals surface area contributed by atoms with E-state index in [-0.39, 0.29) is 11.1 Å². The molecule has 0 radical (unpaired) electrons. The van der Waals surface area contributed by atoms with Gasteiger partial charge in [-0.15, -0.1) is 11.3 Å². The molecule has 0 unspecified atom stereocenters. The minimum atomic E-state index is -3.67. The Morgan fingerprint density at radius 1 is 1.07 bits per heavy atom. The summed E-state index contributed by atoms with van der Waals surface area (Å²) < 4.78 is 29.0. The average Bonchev–Trinajstić information content (AvgIpc) is 3.29. The summed E-state index contributed by atoms with van der Waals surface area (Å²) in [5.74, 6) is -2.25. The molecule has 11 heteroatoms. The first-order valence-corrected chi connectivity index (χ1v) is 8.03. The summed E-state index contributed by atoms with van der Waals surface area (Å²) in [5, 5.41) is 29.3. The number of rotatable bonds is 4. The van der Waals surface area contributed by atoms with Crippen molar-refractivity contribution in [2.45, 2.75) is 13.1 Å². The van der Waals surface area contributed by atoms with Crippen LogP contribution in [-0.2, 0) is 6.42 Å². The summed E-state index contributed by atoms with van der Waals surface area (Å²) in [4.78, 5) is 22.1. The number of carboxylic acids is 2. The van der Waals surface area contributed by atoms with Crippen LogP contribution in [0.25, 0.3) is 0 Å². The number of nitrogens with zero attached hydrogens (tertiary/aromatic N) is 2. The van der Waals surface area contributed by atoms with Gasteiger partial charge in [0.2, 0.25) is 0 Å². The smallest absolute Gasteiger partial charge is 0.379 e. The maximum atomic E-state index is 10.4. The molecule has 144 valence electrons. The fourth-order valence-corrected chi connectivity index (χ4v) is 2.41. The maximum absolute atomic E-state index is 10.4. The largest absolute Gasteiger partial charge is 0.478 e. The Morgan fingerprint density at radius 3 is 2.07 bits per heavy atom. The molecule has 0 aliphatic carbocycles. The third-order valence-corrected chi connectivity index (χ3v) is 3.63. The summed E-state index contributed by atoms with van der Waals surface area (Å²) in [7, 11) is 0. The van der Waals surface area contributed by atoms with Crippen molar-refractivity contribution in [2.24, 2.45) is 0 Å². The van der Waals surface area contributed by atoms with Crippen LogP contribution in [0.3, 0.4) is 0 Å². The summed E-state index contributed by atoms with van der Waals surface area (Å²) >= 11 is 1.74. The fourth-order valence-electron chi connectivity index (χ4n) is 1.69. The van der Waals surface area contributed by atoms with E-state index in [4.69, 9.17) is 10.2 Å².